The summed E-state index contributed by atoms with van der Waals surface area (Å²) in [5.74, 6) is -1.55. The number of hydrogen-bond donors (Lipinski definition) is 2. The molecule has 0 fully saturated rings. The van der Waals surface area contributed by atoms with Gasteiger partial charge in [0.25, 0.3) is 0 Å². The van der Waals surface area contributed by atoms with Gasteiger partial charge in [-0.25, -0.2) is 9.59 Å². The van der Waals surface area contributed by atoms with Crippen LogP contribution >= 0.6 is 0 Å². The van der Waals surface area contributed by atoms with Gasteiger partial charge in [0.1, 0.15) is 11.9 Å². The summed E-state index contributed by atoms with van der Waals surface area (Å²) in [6.45, 7) is 0.851. The second-order valence-corrected chi connectivity index (χ2v) is 8.15. The second kappa shape index (κ2) is 9.73. The van der Waals surface area contributed by atoms with Crippen LogP contribution in [0.15, 0.2) is 60.7 Å². The van der Waals surface area contributed by atoms with E-state index in [9.17, 15) is 9.59 Å². The van der Waals surface area contributed by atoms with Crippen molar-refractivity contribution in [1.29, 1.82) is 0 Å². The second-order valence-electron chi connectivity index (χ2n) is 8.15. The average molecular weight is 447 g/mol. The Morgan fingerprint density at radius 1 is 1.00 bits per heavy atom. The van der Waals surface area contributed by atoms with Gasteiger partial charge in [-0.1, -0.05) is 36.4 Å². The minimum atomic E-state index is -1.26. The molecule has 0 spiro atoms. The Morgan fingerprint density at radius 2 is 1.70 bits per heavy atom. The van der Waals surface area contributed by atoms with Crippen LogP contribution in [0.3, 0.4) is 0 Å². The largest absolute Gasteiger partial charge is 0.483 e. The lowest BCUT2D eigenvalue weighted by molar-refractivity contribution is -0.134. The third kappa shape index (κ3) is 4.98. The van der Waals surface area contributed by atoms with E-state index in [1.165, 1.54) is 40.7 Å². The number of benzene rings is 2. The van der Waals surface area contributed by atoms with Crippen LogP contribution in [0, 0.1) is 0 Å². The van der Waals surface area contributed by atoms with Gasteiger partial charge in [-0.2, -0.15) is 0 Å². The number of rotatable bonds is 3. The van der Waals surface area contributed by atoms with E-state index in [1.807, 2.05) is 0 Å². The molecule has 1 aliphatic heterocycles. The Hall–Kier alpha value is -3.87. The Labute approximate surface area is 191 Å². The highest BCUT2D eigenvalue weighted by atomic mass is 16.5. The molecule has 2 heterocycles. The first kappa shape index (κ1) is 22.3. The Bertz CT molecular complexity index is 1190. The van der Waals surface area contributed by atoms with Crippen molar-refractivity contribution in [3.8, 4) is 5.75 Å². The van der Waals surface area contributed by atoms with Crippen LogP contribution in [0.4, 0.5) is 5.69 Å². The van der Waals surface area contributed by atoms with Crippen LogP contribution < -0.4 is 9.64 Å². The molecular formula is C26H26N2O5. The molecule has 170 valence electrons. The van der Waals surface area contributed by atoms with Gasteiger partial charge in [-0.15, -0.1) is 0 Å². The lowest BCUT2D eigenvalue weighted by Gasteiger charge is -2.27. The van der Waals surface area contributed by atoms with Gasteiger partial charge in [-0.05, 0) is 48.9 Å². The molecule has 0 amide bonds. The van der Waals surface area contributed by atoms with Crippen LogP contribution in [-0.2, 0) is 22.4 Å². The highest BCUT2D eigenvalue weighted by Gasteiger charge is 2.28. The van der Waals surface area contributed by atoms with E-state index in [1.54, 1.807) is 0 Å². The molecule has 7 heteroatoms. The molecule has 1 unspecified atom stereocenters. The topological polar surface area (TPSA) is 100.0 Å². The zero-order valence-corrected chi connectivity index (χ0v) is 18.4. The van der Waals surface area contributed by atoms with Gasteiger partial charge in [0.05, 0.1) is 23.1 Å². The Morgan fingerprint density at radius 3 is 2.39 bits per heavy atom. The number of anilines is 1. The highest BCUT2D eigenvalue weighted by molar-refractivity contribution is 5.99. The lowest BCUT2D eigenvalue weighted by atomic mass is 9.92. The molecule has 2 aliphatic rings. The molecule has 1 aliphatic carbocycles. The monoisotopic (exact) mass is 446 g/mol. The van der Waals surface area contributed by atoms with E-state index in [2.05, 4.69) is 60.5 Å². The van der Waals surface area contributed by atoms with E-state index in [0.29, 0.717) is 12.2 Å². The lowest BCUT2D eigenvalue weighted by Crippen LogP contribution is -2.27. The van der Waals surface area contributed by atoms with E-state index in [-0.39, 0.29) is 6.10 Å². The molecule has 2 aromatic carbocycles. The van der Waals surface area contributed by atoms with Gasteiger partial charge in [0.15, 0.2) is 0 Å². The van der Waals surface area contributed by atoms with Crippen molar-refractivity contribution in [1.82, 2.24) is 4.98 Å². The van der Waals surface area contributed by atoms with Gasteiger partial charge < -0.3 is 19.8 Å². The number of aryl methyl sites for hydroxylation is 1. The van der Waals surface area contributed by atoms with Crippen molar-refractivity contribution < 1.29 is 24.5 Å². The number of fused-ring (bicyclic) bond motifs is 2. The van der Waals surface area contributed by atoms with Crippen LogP contribution in [0.25, 0.3) is 10.9 Å². The quantitative estimate of drug-likeness (QED) is 0.576. The molecular weight excluding hydrogens is 420 g/mol. The number of carboxylic acid groups (broad SMARTS) is 2. The number of carboxylic acids is 2. The number of nitrogens with zero attached hydrogens (tertiary/aromatic N) is 2. The normalized spacial score (nSPS) is 16.9. The SMILES string of the molecule is CN1CC(c2ccccc2)Oc2cccc3nc4c(c1c23)CCCC4.O=C(O)C=CC(=O)O. The van der Waals surface area contributed by atoms with Crippen LogP contribution in [0.1, 0.15) is 35.8 Å². The molecule has 33 heavy (non-hydrogen) atoms. The molecule has 1 atom stereocenters. The molecule has 2 N–H and O–H groups in total. The first-order valence-electron chi connectivity index (χ1n) is 10.9. The predicted octanol–water partition coefficient (Wildman–Crippen LogP) is 4.40. The molecule has 0 radical (unpaired) electrons. The number of pyridine rings is 1. The molecule has 5 rings (SSSR count). The van der Waals surface area contributed by atoms with Gasteiger partial charge >= 0.3 is 11.9 Å². The highest BCUT2D eigenvalue weighted by Crippen LogP contribution is 2.43. The summed E-state index contributed by atoms with van der Waals surface area (Å²) in [5.41, 5.74) is 6.35. The summed E-state index contributed by atoms with van der Waals surface area (Å²) in [7, 11) is 2.20. The fourth-order valence-corrected chi connectivity index (χ4v) is 4.45. The van der Waals surface area contributed by atoms with Crippen LogP contribution in [0.2, 0.25) is 0 Å². The van der Waals surface area contributed by atoms with Gasteiger partial charge in [0.2, 0.25) is 0 Å². The summed E-state index contributed by atoms with van der Waals surface area (Å²) < 4.78 is 6.49. The maximum atomic E-state index is 9.55. The molecule has 0 saturated carbocycles. The number of ether oxygens (including phenoxy) is 1. The average Bonchev–Trinajstić information content (AvgIpc) is 2.96. The summed E-state index contributed by atoms with van der Waals surface area (Å²) in [6.07, 6.45) is 5.87. The maximum Gasteiger partial charge on any atom is 0.328 e. The number of aliphatic carboxylic acids is 2. The van der Waals surface area contributed by atoms with Crippen molar-refractivity contribution in [2.45, 2.75) is 31.8 Å². The number of hydrogen-bond acceptors (Lipinski definition) is 5. The van der Waals surface area contributed by atoms with Crippen LogP contribution in [0.5, 0.6) is 5.75 Å². The minimum absolute atomic E-state index is 0.0310. The number of carbonyl (C=O) groups is 2. The third-order valence-electron chi connectivity index (χ3n) is 5.85. The van der Waals surface area contributed by atoms with Crippen molar-refractivity contribution in [3.63, 3.8) is 0 Å². The van der Waals surface area contributed by atoms with Crippen LogP contribution in [-0.4, -0.2) is 40.7 Å². The standard InChI is InChI=1S/C22H22N2O.C4H4O4/c1-24-14-20(15-8-3-2-4-9-15)25-19-13-7-12-18-21(19)22(24)16-10-5-6-11-17(16)23-18;5-3(6)1-2-4(7)8/h2-4,7-9,12-13,20H,5-6,10-11,14H2,1H3;1-2H,(H,5,6)(H,7,8). The van der Waals surface area contributed by atoms with Gasteiger partial charge in [0, 0.05) is 24.9 Å². The molecule has 7 nitrogen and oxygen atoms in total. The van der Waals surface area contributed by atoms with Crippen molar-refractivity contribution >= 4 is 28.5 Å². The van der Waals surface area contributed by atoms with Crippen molar-refractivity contribution in [2.75, 3.05) is 18.5 Å². The van der Waals surface area contributed by atoms with E-state index < -0.39 is 11.9 Å². The fraction of sp³-hybridized carbons (Fsp3) is 0.269. The zero-order valence-electron chi connectivity index (χ0n) is 18.4. The Kier molecular flexibility index (Phi) is 6.58. The summed E-state index contributed by atoms with van der Waals surface area (Å²) >= 11 is 0. The Balaban J connectivity index is 0.000000281. The molecule has 0 bridgehead atoms. The minimum Gasteiger partial charge on any atom is -0.483 e. The summed E-state index contributed by atoms with van der Waals surface area (Å²) in [4.78, 5) is 26.5. The third-order valence-corrected chi connectivity index (χ3v) is 5.85. The van der Waals surface area contributed by atoms with E-state index in [4.69, 9.17) is 19.9 Å². The van der Waals surface area contributed by atoms with E-state index >= 15 is 0 Å². The van der Waals surface area contributed by atoms with Crippen molar-refractivity contribution in [3.05, 3.63) is 77.5 Å². The number of likely N-dealkylation sites (N-methyl/N-ethyl adjacent to an activating group) is 1. The van der Waals surface area contributed by atoms with Gasteiger partial charge in [-0.3, -0.25) is 4.98 Å². The zero-order chi connectivity index (χ0) is 23.4. The van der Waals surface area contributed by atoms with Crippen molar-refractivity contribution in [2.24, 2.45) is 0 Å². The molecule has 3 aromatic rings. The molecule has 0 saturated heterocycles. The molecule has 1 aromatic heterocycles. The van der Waals surface area contributed by atoms with E-state index in [0.717, 1.165) is 30.7 Å². The smallest absolute Gasteiger partial charge is 0.328 e. The summed E-state index contributed by atoms with van der Waals surface area (Å²) in [6, 6.07) is 16.8. The first-order valence-corrected chi connectivity index (χ1v) is 10.9. The predicted molar refractivity (Wildman–Crippen MR) is 126 cm³/mol. The number of aromatic nitrogens is 1. The first-order chi connectivity index (χ1) is 15.9. The fourth-order valence-electron chi connectivity index (χ4n) is 4.45. The summed E-state index contributed by atoms with van der Waals surface area (Å²) in [5, 5.41) is 16.8. The maximum absolute atomic E-state index is 9.55.